The molecule has 1 aromatic carbocycles. The third kappa shape index (κ3) is 1.05. The van der Waals surface area contributed by atoms with Crippen LogP contribution in [0.1, 0.15) is 36.0 Å². The lowest BCUT2D eigenvalue weighted by Crippen LogP contribution is -2.12. The first kappa shape index (κ1) is 7.89. The molecule has 2 aliphatic rings. The van der Waals surface area contributed by atoms with E-state index in [1.165, 1.54) is 21.8 Å². The number of rotatable bonds is 0. The SMILES string of the molecule is OC1CCC2CSc3cccc1c32. The largest absolute Gasteiger partial charge is 0.388 e. The van der Waals surface area contributed by atoms with E-state index in [0.29, 0.717) is 0 Å². The zero-order valence-electron chi connectivity index (χ0n) is 7.36. The van der Waals surface area contributed by atoms with Gasteiger partial charge in [0.05, 0.1) is 6.10 Å². The van der Waals surface area contributed by atoms with Crippen molar-refractivity contribution in [3.8, 4) is 0 Å². The molecular weight excluding hydrogens is 180 g/mol. The van der Waals surface area contributed by atoms with E-state index in [4.69, 9.17) is 0 Å². The van der Waals surface area contributed by atoms with E-state index in [2.05, 4.69) is 18.2 Å². The van der Waals surface area contributed by atoms with Gasteiger partial charge in [-0.1, -0.05) is 12.1 Å². The van der Waals surface area contributed by atoms with Crippen molar-refractivity contribution in [3.05, 3.63) is 29.3 Å². The summed E-state index contributed by atoms with van der Waals surface area (Å²) in [6, 6.07) is 6.33. The lowest BCUT2D eigenvalue weighted by molar-refractivity contribution is 0.152. The molecule has 0 bridgehead atoms. The molecule has 3 rings (SSSR count). The predicted octanol–water partition coefficient (Wildman–Crippen LogP) is 2.70. The third-order valence-corrected chi connectivity index (χ3v) is 4.33. The molecule has 1 aromatic rings. The van der Waals surface area contributed by atoms with Gasteiger partial charge in [-0.2, -0.15) is 0 Å². The second-order valence-electron chi connectivity index (χ2n) is 3.86. The van der Waals surface area contributed by atoms with Gasteiger partial charge in [-0.05, 0) is 36.0 Å². The standard InChI is InChI=1S/C11H12OS/c12-9-5-4-7-6-13-10-3-1-2-8(9)11(7)10/h1-3,7,9,12H,4-6H2. The van der Waals surface area contributed by atoms with E-state index in [1.54, 1.807) is 0 Å². The van der Waals surface area contributed by atoms with Crippen LogP contribution in [0.4, 0.5) is 0 Å². The Kier molecular flexibility index (Phi) is 1.67. The molecule has 0 amide bonds. The maximum atomic E-state index is 9.82. The molecule has 13 heavy (non-hydrogen) atoms. The summed E-state index contributed by atoms with van der Waals surface area (Å²) in [6.45, 7) is 0. The molecule has 1 nitrogen and oxygen atoms in total. The summed E-state index contributed by atoms with van der Waals surface area (Å²) in [5.41, 5.74) is 2.64. The number of hydrogen-bond acceptors (Lipinski definition) is 2. The lowest BCUT2D eigenvalue weighted by Gasteiger charge is -2.25. The highest BCUT2D eigenvalue weighted by atomic mass is 32.2. The summed E-state index contributed by atoms with van der Waals surface area (Å²) in [6.07, 6.45) is 1.91. The van der Waals surface area contributed by atoms with Crippen LogP contribution in [-0.4, -0.2) is 10.9 Å². The first-order valence-corrected chi connectivity index (χ1v) is 5.78. The molecular formula is C11H12OS. The molecule has 2 heteroatoms. The summed E-state index contributed by atoms with van der Waals surface area (Å²) >= 11 is 1.95. The lowest BCUT2D eigenvalue weighted by atomic mass is 9.82. The van der Waals surface area contributed by atoms with Crippen LogP contribution in [0, 0.1) is 0 Å². The van der Waals surface area contributed by atoms with E-state index in [0.717, 1.165) is 18.8 Å². The normalized spacial score (nSPS) is 30.2. The van der Waals surface area contributed by atoms with Crippen molar-refractivity contribution in [3.63, 3.8) is 0 Å². The molecule has 0 radical (unpaired) electrons. The predicted molar refractivity (Wildman–Crippen MR) is 54.1 cm³/mol. The molecule has 1 aliphatic carbocycles. The smallest absolute Gasteiger partial charge is 0.0793 e. The summed E-state index contributed by atoms with van der Waals surface area (Å²) in [4.78, 5) is 1.40. The molecule has 0 spiro atoms. The highest BCUT2D eigenvalue weighted by Gasteiger charge is 2.32. The van der Waals surface area contributed by atoms with Gasteiger partial charge in [-0.25, -0.2) is 0 Å². The van der Waals surface area contributed by atoms with Crippen LogP contribution in [-0.2, 0) is 0 Å². The van der Waals surface area contributed by atoms with Gasteiger partial charge in [0.15, 0.2) is 0 Å². The zero-order chi connectivity index (χ0) is 8.84. The Bertz CT molecular complexity index is 348. The van der Waals surface area contributed by atoms with Crippen molar-refractivity contribution in [1.29, 1.82) is 0 Å². The zero-order valence-corrected chi connectivity index (χ0v) is 8.18. The van der Waals surface area contributed by atoms with Crippen LogP contribution in [0.3, 0.4) is 0 Å². The fourth-order valence-corrected chi connectivity index (χ4v) is 3.76. The van der Waals surface area contributed by atoms with Gasteiger partial charge in [0, 0.05) is 10.6 Å². The van der Waals surface area contributed by atoms with Gasteiger partial charge in [0.25, 0.3) is 0 Å². The number of benzene rings is 1. The van der Waals surface area contributed by atoms with Gasteiger partial charge in [0.2, 0.25) is 0 Å². The number of thioether (sulfide) groups is 1. The number of aliphatic hydroxyl groups excluding tert-OH is 1. The monoisotopic (exact) mass is 192 g/mol. The van der Waals surface area contributed by atoms with Crippen molar-refractivity contribution in [1.82, 2.24) is 0 Å². The minimum Gasteiger partial charge on any atom is -0.388 e. The average Bonchev–Trinajstić information content (AvgIpc) is 2.57. The van der Waals surface area contributed by atoms with Gasteiger partial charge >= 0.3 is 0 Å². The van der Waals surface area contributed by atoms with E-state index in [9.17, 15) is 5.11 Å². The maximum Gasteiger partial charge on any atom is 0.0793 e. The highest BCUT2D eigenvalue weighted by molar-refractivity contribution is 7.99. The van der Waals surface area contributed by atoms with E-state index < -0.39 is 0 Å². The summed E-state index contributed by atoms with van der Waals surface area (Å²) < 4.78 is 0. The Morgan fingerprint density at radius 2 is 2.23 bits per heavy atom. The molecule has 1 N–H and O–H groups in total. The third-order valence-electron chi connectivity index (χ3n) is 3.10. The molecule has 0 saturated carbocycles. The van der Waals surface area contributed by atoms with E-state index in [-0.39, 0.29) is 6.10 Å². The fourth-order valence-electron chi connectivity index (χ4n) is 2.43. The second kappa shape index (κ2) is 2.76. The van der Waals surface area contributed by atoms with Gasteiger partial charge in [-0.3, -0.25) is 0 Å². The van der Waals surface area contributed by atoms with Crippen molar-refractivity contribution >= 4 is 11.8 Å². The fraction of sp³-hybridized carbons (Fsp3) is 0.455. The molecule has 68 valence electrons. The van der Waals surface area contributed by atoms with Crippen molar-refractivity contribution < 1.29 is 5.11 Å². The highest BCUT2D eigenvalue weighted by Crippen LogP contribution is 2.49. The summed E-state index contributed by atoms with van der Waals surface area (Å²) in [5, 5.41) is 9.82. The first-order valence-electron chi connectivity index (χ1n) is 4.80. The van der Waals surface area contributed by atoms with Crippen molar-refractivity contribution in [2.24, 2.45) is 0 Å². The Labute approximate surface area is 82.2 Å². The van der Waals surface area contributed by atoms with Gasteiger partial charge < -0.3 is 5.11 Å². The van der Waals surface area contributed by atoms with E-state index >= 15 is 0 Å². The van der Waals surface area contributed by atoms with Crippen molar-refractivity contribution in [2.45, 2.75) is 29.8 Å². The van der Waals surface area contributed by atoms with Crippen LogP contribution in [0.5, 0.6) is 0 Å². The second-order valence-corrected chi connectivity index (χ2v) is 4.92. The number of aliphatic hydroxyl groups is 1. The van der Waals surface area contributed by atoms with Crippen molar-refractivity contribution in [2.75, 3.05) is 5.75 Å². The minimum absolute atomic E-state index is 0.204. The Morgan fingerprint density at radius 3 is 3.15 bits per heavy atom. The van der Waals surface area contributed by atoms with Crippen LogP contribution < -0.4 is 0 Å². The van der Waals surface area contributed by atoms with Crippen LogP contribution in [0.15, 0.2) is 23.1 Å². The van der Waals surface area contributed by atoms with Gasteiger partial charge in [-0.15, -0.1) is 11.8 Å². The molecule has 1 aliphatic heterocycles. The Balaban J connectivity index is 2.22. The van der Waals surface area contributed by atoms with Crippen LogP contribution >= 0.6 is 11.8 Å². The Morgan fingerprint density at radius 1 is 1.31 bits per heavy atom. The topological polar surface area (TPSA) is 20.2 Å². The Hall–Kier alpha value is -0.470. The molecule has 1 heterocycles. The van der Waals surface area contributed by atoms with Gasteiger partial charge in [0.1, 0.15) is 0 Å². The number of hydrogen-bond donors (Lipinski definition) is 1. The average molecular weight is 192 g/mol. The van der Waals surface area contributed by atoms with E-state index in [1.807, 2.05) is 11.8 Å². The van der Waals surface area contributed by atoms with Crippen LogP contribution in [0.2, 0.25) is 0 Å². The maximum absolute atomic E-state index is 9.82. The summed E-state index contributed by atoms with van der Waals surface area (Å²) in [7, 11) is 0. The molecule has 2 unspecified atom stereocenters. The minimum atomic E-state index is -0.204. The summed E-state index contributed by atoms with van der Waals surface area (Å²) in [5.74, 6) is 1.94. The molecule has 0 saturated heterocycles. The quantitative estimate of drug-likeness (QED) is 0.682. The molecule has 2 atom stereocenters. The first-order chi connectivity index (χ1) is 6.36. The molecule has 0 aromatic heterocycles. The van der Waals surface area contributed by atoms with Crippen LogP contribution in [0.25, 0.3) is 0 Å². The molecule has 0 fully saturated rings.